The molecule has 0 saturated carbocycles. The van der Waals surface area contributed by atoms with Gasteiger partial charge in [0.2, 0.25) is 0 Å². The van der Waals surface area contributed by atoms with E-state index in [2.05, 4.69) is 48.5 Å². The molecule has 0 fully saturated rings. The molecule has 0 heterocycles. The summed E-state index contributed by atoms with van der Waals surface area (Å²) in [6.07, 6.45) is 0.785. The summed E-state index contributed by atoms with van der Waals surface area (Å²) in [6.45, 7) is 2.03. The zero-order valence-corrected chi connectivity index (χ0v) is 12.8. The first kappa shape index (κ1) is 14.1. The van der Waals surface area contributed by atoms with E-state index in [0.29, 0.717) is 0 Å². The average molecular weight is 296 g/mol. The Morgan fingerprint density at radius 3 is 2.48 bits per heavy atom. The van der Waals surface area contributed by atoms with Crippen molar-refractivity contribution >= 4 is 22.4 Å². The first-order valence-electron chi connectivity index (χ1n) is 7.13. The topological polar surface area (TPSA) is 26.0 Å². The van der Waals surface area contributed by atoms with Gasteiger partial charge in [0.1, 0.15) is 0 Å². The second kappa shape index (κ2) is 5.88. The Hall–Kier alpha value is -1.83. The Labute approximate surface area is 130 Å². The molecule has 1 nitrogen and oxygen atoms in total. The number of aryl methyl sites for hydroxylation is 1. The van der Waals surface area contributed by atoms with Gasteiger partial charge in [0.15, 0.2) is 0 Å². The highest BCUT2D eigenvalue weighted by molar-refractivity contribution is 6.31. The van der Waals surface area contributed by atoms with Crippen molar-refractivity contribution in [3.05, 3.63) is 82.4 Å². The molecule has 3 rings (SSSR count). The van der Waals surface area contributed by atoms with E-state index in [1.54, 1.807) is 0 Å². The van der Waals surface area contributed by atoms with Crippen molar-refractivity contribution < 1.29 is 0 Å². The van der Waals surface area contributed by atoms with Gasteiger partial charge in [0, 0.05) is 11.1 Å². The van der Waals surface area contributed by atoms with Gasteiger partial charge in [-0.3, -0.25) is 0 Å². The van der Waals surface area contributed by atoms with Gasteiger partial charge in [0.25, 0.3) is 0 Å². The van der Waals surface area contributed by atoms with Crippen LogP contribution in [-0.2, 0) is 6.42 Å². The Morgan fingerprint density at radius 1 is 0.952 bits per heavy atom. The summed E-state index contributed by atoms with van der Waals surface area (Å²) in [5.41, 5.74) is 9.74. The Balaban J connectivity index is 1.87. The molecule has 0 aliphatic carbocycles. The standard InChI is InChI=1S/C19H18ClN/c1-13-6-9-17(18(20)10-13)19(21)12-14-7-8-15-4-2-3-5-16(15)11-14/h2-11,19H,12,21H2,1H3. The van der Waals surface area contributed by atoms with Crippen molar-refractivity contribution in [2.24, 2.45) is 5.73 Å². The second-order valence-electron chi connectivity index (χ2n) is 5.52. The van der Waals surface area contributed by atoms with E-state index >= 15 is 0 Å². The number of hydrogen-bond donors (Lipinski definition) is 1. The van der Waals surface area contributed by atoms with Crippen molar-refractivity contribution in [1.29, 1.82) is 0 Å². The lowest BCUT2D eigenvalue weighted by Crippen LogP contribution is -2.14. The maximum absolute atomic E-state index is 6.34. The van der Waals surface area contributed by atoms with Crippen LogP contribution in [-0.4, -0.2) is 0 Å². The predicted octanol–water partition coefficient (Wildman–Crippen LogP) is 5.04. The lowest BCUT2D eigenvalue weighted by atomic mass is 9.97. The van der Waals surface area contributed by atoms with Gasteiger partial charge < -0.3 is 5.73 Å². The molecule has 0 spiro atoms. The molecule has 0 amide bonds. The van der Waals surface area contributed by atoms with Gasteiger partial charge in [-0.15, -0.1) is 0 Å². The third-order valence-corrected chi connectivity index (χ3v) is 4.15. The molecular formula is C19H18ClN. The lowest BCUT2D eigenvalue weighted by molar-refractivity contribution is 0.722. The molecule has 0 aliphatic rings. The zero-order valence-electron chi connectivity index (χ0n) is 12.0. The minimum Gasteiger partial charge on any atom is -0.324 e. The lowest BCUT2D eigenvalue weighted by Gasteiger charge is -2.15. The second-order valence-corrected chi connectivity index (χ2v) is 5.92. The summed E-state index contributed by atoms with van der Waals surface area (Å²) >= 11 is 6.31. The van der Waals surface area contributed by atoms with Gasteiger partial charge in [-0.2, -0.15) is 0 Å². The Bertz CT molecular complexity index is 779. The summed E-state index contributed by atoms with van der Waals surface area (Å²) < 4.78 is 0. The molecule has 2 heteroatoms. The third-order valence-electron chi connectivity index (χ3n) is 3.82. The fourth-order valence-electron chi connectivity index (χ4n) is 2.66. The van der Waals surface area contributed by atoms with Crippen molar-refractivity contribution in [3.8, 4) is 0 Å². The number of hydrogen-bond acceptors (Lipinski definition) is 1. The smallest absolute Gasteiger partial charge is 0.0456 e. The van der Waals surface area contributed by atoms with Crippen LogP contribution in [0.4, 0.5) is 0 Å². The monoisotopic (exact) mass is 295 g/mol. The molecule has 0 radical (unpaired) electrons. The highest BCUT2D eigenvalue weighted by Crippen LogP contribution is 2.26. The normalized spacial score (nSPS) is 12.5. The molecule has 106 valence electrons. The minimum absolute atomic E-state index is 0.0840. The van der Waals surface area contributed by atoms with Gasteiger partial charge >= 0.3 is 0 Å². The van der Waals surface area contributed by atoms with Crippen LogP contribution in [0.5, 0.6) is 0 Å². The van der Waals surface area contributed by atoms with Gasteiger partial charge in [-0.05, 0) is 46.9 Å². The maximum atomic E-state index is 6.34. The summed E-state index contributed by atoms with van der Waals surface area (Å²) in [6, 6.07) is 20.8. The van der Waals surface area contributed by atoms with E-state index in [9.17, 15) is 0 Å². The fraction of sp³-hybridized carbons (Fsp3) is 0.158. The van der Waals surface area contributed by atoms with Crippen molar-refractivity contribution in [2.45, 2.75) is 19.4 Å². The van der Waals surface area contributed by atoms with Crippen molar-refractivity contribution in [3.63, 3.8) is 0 Å². The number of halogens is 1. The largest absolute Gasteiger partial charge is 0.324 e. The number of benzene rings is 3. The summed E-state index contributed by atoms with van der Waals surface area (Å²) in [7, 11) is 0. The summed E-state index contributed by atoms with van der Waals surface area (Å²) in [4.78, 5) is 0. The van der Waals surface area contributed by atoms with Crippen LogP contribution < -0.4 is 5.73 Å². The van der Waals surface area contributed by atoms with Gasteiger partial charge in [-0.1, -0.05) is 66.2 Å². The molecular weight excluding hydrogens is 278 g/mol. The maximum Gasteiger partial charge on any atom is 0.0456 e. The molecule has 0 aromatic heterocycles. The molecule has 1 unspecified atom stereocenters. The van der Waals surface area contributed by atoms with E-state index in [1.165, 1.54) is 16.3 Å². The average Bonchev–Trinajstić information content (AvgIpc) is 2.47. The first-order chi connectivity index (χ1) is 10.1. The minimum atomic E-state index is -0.0840. The number of fused-ring (bicyclic) bond motifs is 1. The molecule has 3 aromatic rings. The van der Waals surface area contributed by atoms with Crippen molar-refractivity contribution in [1.82, 2.24) is 0 Å². The van der Waals surface area contributed by atoms with Crippen LogP contribution in [0, 0.1) is 6.92 Å². The number of nitrogens with two attached hydrogens (primary N) is 1. The van der Waals surface area contributed by atoms with E-state index in [0.717, 1.165) is 22.6 Å². The highest BCUT2D eigenvalue weighted by Gasteiger charge is 2.11. The summed E-state index contributed by atoms with van der Waals surface area (Å²) in [5, 5.41) is 3.25. The van der Waals surface area contributed by atoms with Crippen LogP contribution in [0.2, 0.25) is 5.02 Å². The Morgan fingerprint density at radius 2 is 1.71 bits per heavy atom. The molecule has 0 saturated heterocycles. The van der Waals surface area contributed by atoms with Crippen LogP contribution in [0.1, 0.15) is 22.7 Å². The van der Waals surface area contributed by atoms with Gasteiger partial charge in [-0.25, -0.2) is 0 Å². The zero-order chi connectivity index (χ0) is 14.8. The first-order valence-corrected chi connectivity index (χ1v) is 7.50. The Kier molecular flexibility index (Phi) is 3.96. The van der Waals surface area contributed by atoms with E-state index in [-0.39, 0.29) is 6.04 Å². The predicted molar refractivity (Wildman–Crippen MR) is 90.8 cm³/mol. The quantitative estimate of drug-likeness (QED) is 0.719. The van der Waals surface area contributed by atoms with E-state index < -0.39 is 0 Å². The molecule has 3 aromatic carbocycles. The van der Waals surface area contributed by atoms with Gasteiger partial charge in [0.05, 0.1) is 0 Å². The van der Waals surface area contributed by atoms with E-state index in [4.69, 9.17) is 17.3 Å². The SMILES string of the molecule is Cc1ccc(C(N)Cc2ccc3ccccc3c2)c(Cl)c1. The molecule has 0 bridgehead atoms. The van der Waals surface area contributed by atoms with Crippen LogP contribution in [0.3, 0.4) is 0 Å². The van der Waals surface area contributed by atoms with E-state index in [1.807, 2.05) is 19.1 Å². The third kappa shape index (κ3) is 3.10. The van der Waals surface area contributed by atoms with Crippen LogP contribution >= 0.6 is 11.6 Å². The molecule has 2 N–H and O–H groups in total. The molecule has 21 heavy (non-hydrogen) atoms. The number of rotatable bonds is 3. The van der Waals surface area contributed by atoms with Crippen LogP contribution in [0.15, 0.2) is 60.7 Å². The van der Waals surface area contributed by atoms with Crippen molar-refractivity contribution in [2.75, 3.05) is 0 Å². The highest BCUT2D eigenvalue weighted by atomic mass is 35.5. The summed E-state index contributed by atoms with van der Waals surface area (Å²) in [5.74, 6) is 0. The molecule has 0 aliphatic heterocycles. The fourth-order valence-corrected chi connectivity index (χ4v) is 3.04. The molecule has 1 atom stereocenters. The van der Waals surface area contributed by atoms with Crippen LogP contribution in [0.25, 0.3) is 10.8 Å².